The second kappa shape index (κ2) is 7.89. The van der Waals surface area contributed by atoms with Gasteiger partial charge in [0, 0.05) is 5.92 Å². The molecule has 0 bridgehead atoms. The number of Topliss-reactive ketones (excluding diaryl/α,β-unsaturated/α-hetero) is 1. The minimum Gasteiger partial charge on any atom is -0.413 e. The Bertz CT molecular complexity index is 444. The molecule has 0 spiro atoms. The van der Waals surface area contributed by atoms with Crippen molar-refractivity contribution in [3.8, 4) is 0 Å². The van der Waals surface area contributed by atoms with Gasteiger partial charge in [0.05, 0.1) is 11.5 Å². The summed E-state index contributed by atoms with van der Waals surface area (Å²) in [6.07, 6.45) is 4.61. The molecule has 0 saturated carbocycles. The van der Waals surface area contributed by atoms with Crippen LogP contribution in [0.2, 0.25) is 18.1 Å². The van der Waals surface area contributed by atoms with Gasteiger partial charge < -0.3 is 9.22 Å². The van der Waals surface area contributed by atoms with E-state index in [0.717, 1.165) is 6.29 Å². The van der Waals surface area contributed by atoms with Crippen LogP contribution in [0.15, 0.2) is 12.2 Å². The number of allylic oxidation sites excluding steroid dienone is 1. The summed E-state index contributed by atoms with van der Waals surface area (Å²) in [6, 6.07) is 0. The molecule has 0 aliphatic heterocycles. The molecule has 0 heterocycles. The maximum Gasteiger partial charge on any atom is 0.192 e. The van der Waals surface area contributed by atoms with E-state index < -0.39 is 13.7 Å². The van der Waals surface area contributed by atoms with Crippen LogP contribution in [-0.4, -0.2) is 26.5 Å². The molecule has 0 unspecified atom stereocenters. The Morgan fingerprint density at radius 2 is 1.57 bits per heavy atom. The van der Waals surface area contributed by atoms with E-state index in [0.29, 0.717) is 0 Å². The van der Waals surface area contributed by atoms with E-state index in [4.69, 9.17) is 4.43 Å². The average molecular weight is 341 g/mol. The highest BCUT2D eigenvalue weighted by molar-refractivity contribution is 6.74. The monoisotopic (exact) mass is 340 g/mol. The van der Waals surface area contributed by atoms with E-state index in [1.807, 2.05) is 19.9 Å². The van der Waals surface area contributed by atoms with Gasteiger partial charge in [-0.05, 0) is 44.8 Å². The lowest BCUT2D eigenvalue weighted by molar-refractivity contribution is -0.138. The van der Waals surface area contributed by atoms with Gasteiger partial charge in [-0.1, -0.05) is 46.8 Å². The van der Waals surface area contributed by atoms with Gasteiger partial charge in [0.15, 0.2) is 14.1 Å². The summed E-state index contributed by atoms with van der Waals surface area (Å²) < 4.78 is 6.59. The molecule has 0 fully saturated rings. The predicted octanol–water partition coefficient (Wildman–Crippen LogP) is 5.02. The van der Waals surface area contributed by atoms with Crippen molar-refractivity contribution in [3.05, 3.63) is 12.2 Å². The van der Waals surface area contributed by atoms with Crippen LogP contribution >= 0.6 is 0 Å². The zero-order chi connectivity index (χ0) is 18.6. The maximum atomic E-state index is 12.8. The fourth-order valence-electron chi connectivity index (χ4n) is 2.39. The van der Waals surface area contributed by atoms with Crippen molar-refractivity contribution < 1.29 is 14.0 Å². The minimum absolute atomic E-state index is 0.0486. The Labute approximate surface area is 144 Å². The Hall–Kier alpha value is -0.743. The second-order valence-corrected chi connectivity index (χ2v) is 13.5. The number of carbonyl (C=O) groups excluding carboxylic acids is 2. The second-order valence-electron chi connectivity index (χ2n) is 8.72. The Morgan fingerprint density at radius 1 is 1.09 bits per heavy atom. The molecular formula is C19H36O3Si. The van der Waals surface area contributed by atoms with Crippen molar-refractivity contribution in [1.29, 1.82) is 0 Å². The molecule has 3 atom stereocenters. The third kappa shape index (κ3) is 5.68. The Kier molecular flexibility index (Phi) is 7.63. The third-order valence-electron chi connectivity index (χ3n) is 5.09. The summed E-state index contributed by atoms with van der Waals surface area (Å²) in [6.45, 7) is 20.3. The largest absolute Gasteiger partial charge is 0.413 e. The zero-order valence-electron chi connectivity index (χ0n) is 16.7. The first kappa shape index (κ1) is 22.3. The molecule has 0 N–H and O–H groups in total. The zero-order valence-corrected chi connectivity index (χ0v) is 17.7. The van der Waals surface area contributed by atoms with Gasteiger partial charge in [0.2, 0.25) is 0 Å². The summed E-state index contributed by atoms with van der Waals surface area (Å²) in [4.78, 5) is 24.0. The van der Waals surface area contributed by atoms with Crippen LogP contribution in [0, 0.1) is 17.3 Å². The highest BCUT2D eigenvalue weighted by Gasteiger charge is 2.44. The van der Waals surface area contributed by atoms with E-state index in [-0.39, 0.29) is 28.8 Å². The summed E-state index contributed by atoms with van der Waals surface area (Å²) in [5, 5.41) is 0.0733. The van der Waals surface area contributed by atoms with E-state index in [2.05, 4.69) is 46.9 Å². The number of hydrogen-bond acceptors (Lipinski definition) is 3. The third-order valence-corrected chi connectivity index (χ3v) is 9.56. The molecule has 0 aromatic rings. The molecule has 4 heteroatoms. The average Bonchev–Trinajstić information content (AvgIpc) is 2.42. The smallest absolute Gasteiger partial charge is 0.192 e. The molecule has 0 aromatic carbocycles. The van der Waals surface area contributed by atoms with Crippen molar-refractivity contribution in [2.75, 3.05) is 0 Å². The SMILES string of the molecule is CC=C[C@H](C)[C@H](O[Si](C)(C)C(C)(C)C)[C@@H](C)C(=O)C(C)(C)C=O. The lowest BCUT2D eigenvalue weighted by Crippen LogP contribution is -2.49. The molecule has 0 amide bonds. The number of rotatable bonds is 8. The van der Waals surface area contributed by atoms with Crippen LogP contribution in [0.1, 0.15) is 55.4 Å². The molecule has 0 aliphatic rings. The van der Waals surface area contributed by atoms with Crippen LogP contribution in [0.4, 0.5) is 0 Å². The van der Waals surface area contributed by atoms with Gasteiger partial charge in [-0.2, -0.15) is 0 Å². The summed E-state index contributed by atoms with van der Waals surface area (Å²) >= 11 is 0. The highest BCUT2D eigenvalue weighted by atomic mass is 28.4. The first-order valence-electron chi connectivity index (χ1n) is 8.52. The molecule has 0 aromatic heterocycles. The summed E-state index contributed by atoms with van der Waals surface area (Å²) in [7, 11) is -2.01. The molecule has 23 heavy (non-hydrogen) atoms. The highest BCUT2D eigenvalue weighted by Crippen LogP contribution is 2.40. The van der Waals surface area contributed by atoms with Gasteiger partial charge in [0.25, 0.3) is 0 Å². The van der Waals surface area contributed by atoms with Gasteiger partial charge in [-0.3, -0.25) is 4.79 Å². The Morgan fingerprint density at radius 3 is 1.91 bits per heavy atom. The number of ketones is 1. The minimum atomic E-state index is -2.01. The molecule has 3 nitrogen and oxygen atoms in total. The molecule has 0 saturated heterocycles. The first-order valence-corrected chi connectivity index (χ1v) is 11.4. The van der Waals surface area contributed by atoms with Crippen molar-refractivity contribution >= 4 is 20.4 Å². The van der Waals surface area contributed by atoms with Crippen molar-refractivity contribution in [2.24, 2.45) is 17.3 Å². The molecule has 0 rings (SSSR count). The van der Waals surface area contributed by atoms with Crippen LogP contribution in [-0.2, 0) is 14.0 Å². The summed E-state index contributed by atoms with van der Waals surface area (Å²) in [5.41, 5.74) is -0.968. The van der Waals surface area contributed by atoms with Crippen molar-refractivity contribution in [3.63, 3.8) is 0 Å². The number of aldehydes is 1. The molecular weight excluding hydrogens is 304 g/mol. The van der Waals surface area contributed by atoms with E-state index in [1.54, 1.807) is 13.8 Å². The first-order chi connectivity index (χ1) is 10.2. The number of hydrogen-bond donors (Lipinski definition) is 0. The van der Waals surface area contributed by atoms with Crippen LogP contribution in [0.5, 0.6) is 0 Å². The van der Waals surface area contributed by atoms with Gasteiger partial charge >= 0.3 is 0 Å². The van der Waals surface area contributed by atoms with Crippen LogP contribution in [0.3, 0.4) is 0 Å². The van der Waals surface area contributed by atoms with Gasteiger partial charge in [-0.25, -0.2) is 0 Å². The fraction of sp³-hybridized carbons (Fsp3) is 0.789. The molecule has 134 valence electrons. The Balaban J connectivity index is 5.65. The standard InChI is InChI=1S/C19H36O3Si/c1-11-12-14(2)16(22-23(9,10)18(4,5)6)15(3)17(21)19(7,8)13-20/h11-16H,1-10H3/t14-,15+,16-/m0/s1. The van der Waals surface area contributed by atoms with Crippen LogP contribution in [0.25, 0.3) is 0 Å². The van der Waals surface area contributed by atoms with Gasteiger partial charge in [0.1, 0.15) is 6.29 Å². The van der Waals surface area contributed by atoms with Gasteiger partial charge in [-0.15, -0.1) is 0 Å². The topological polar surface area (TPSA) is 43.4 Å². The van der Waals surface area contributed by atoms with E-state index in [1.165, 1.54) is 0 Å². The normalized spacial score (nSPS) is 17.8. The number of carbonyl (C=O) groups is 2. The lowest BCUT2D eigenvalue weighted by atomic mass is 9.78. The molecule has 0 radical (unpaired) electrons. The van der Waals surface area contributed by atoms with Crippen LogP contribution < -0.4 is 0 Å². The fourth-order valence-corrected chi connectivity index (χ4v) is 3.84. The van der Waals surface area contributed by atoms with Crippen molar-refractivity contribution in [1.82, 2.24) is 0 Å². The maximum absolute atomic E-state index is 12.8. The molecule has 0 aliphatic carbocycles. The lowest BCUT2D eigenvalue weighted by Gasteiger charge is -2.42. The van der Waals surface area contributed by atoms with E-state index in [9.17, 15) is 9.59 Å². The predicted molar refractivity (Wildman–Crippen MR) is 100 cm³/mol. The van der Waals surface area contributed by atoms with E-state index >= 15 is 0 Å². The quantitative estimate of drug-likeness (QED) is 0.270. The summed E-state index contributed by atoms with van der Waals surface area (Å²) in [5.74, 6) is -0.251. The van der Waals surface area contributed by atoms with Crippen molar-refractivity contribution in [2.45, 2.75) is 79.6 Å².